The number of rotatable bonds is 2. The minimum atomic E-state index is -0.287. The van der Waals surface area contributed by atoms with Crippen LogP contribution < -0.4 is 0 Å². The molecular formula is C13H21BrO2. The number of carbonyl (C=O) groups excluding carboxylic acids is 1. The van der Waals surface area contributed by atoms with Crippen LogP contribution >= 0.6 is 15.9 Å². The zero-order chi connectivity index (χ0) is 13.0. The molecule has 0 radical (unpaired) electrons. The maximum atomic E-state index is 11.2. The van der Waals surface area contributed by atoms with Gasteiger partial charge in [0.25, 0.3) is 0 Å². The molecule has 0 heterocycles. The molecular weight excluding hydrogens is 268 g/mol. The highest BCUT2D eigenvalue weighted by Gasteiger charge is 2.08. The van der Waals surface area contributed by atoms with Crippen LogP contribution in [0.2, 0.25) is 0 Å². The molecule has 0 spiro atoms. The molecule has 0 fully saturated rings. The van der Waals surface area contributed by atoms with Gasteiger partial charge in [-0.1, -0.05) is 61.8 Å². The van der Waals surface area contributed by atoms with E-state index in [0.717, 1.165) is 5.56 Å². The Hall–Kier alpha value is -0.830. The van der Waals surface area contributed by atoms with E-state index in [4.69, 9.17) is 0 Å². The molecule has 1 aromatic carbocycles. The Labute approximate surface area is 107 Å². The summed E-state index contributed by atoms with van der Waals surface area (Å²) >= 11 is 3.30. The van der Waals surface area contributed by atoms with Crippen molar-refractivity contribution in [3.8, 4) is 0 Å². The van der Waals surface area contributed by atoms with Crippen LogP contribution in [-0.2, 0) is 10.1 Å². The first-order valence-electron chi connectivity index (χ1n) is 5.51. The molecule has 92 valence electrons. The Morgan fingerprint density at radius 2 is 1.69 bits per heavy atom. The summed E-state index contributed by atoms with van der Waals surface area (Å²) in [4.78, 5) is 11.2. The van der Waals surface area contributed by atoms with Gasteiger partial charge in [-0.3, -0.25) is 0 Å². The summed E-state index contributed by atoms with van der Waals surface area (Å²) in [6, 6.07) is 7.35. The maximum absolute atomic E-state index is 11.2. The summed E-state index contributed by atoms with van der Waals surface area (Å²) in [6.07, 6.45) is 0. The van der Waals surface area contributed by atoms with Gasteiger partial charge in [-0.15, -0.1) is 0 Å². The van der Waals surface area contributed by atoms with Crippen molar-refractivity contribution in [1.82, 2.24) is 0 Å². The lowest BCUT2D eigenvalue weighted by Gasteiger charge is -2.03. The lowest BCUT2D eigenvalue weighted by molar-refractivity contribution is 0.0600. The number of hydrogen-bond donors (Lipinski definition) is 0. The quantitative estimate of drug-likeness (QED) is 0.595. The minimum Gasteiger partial charge on any atom is -0.465 e. The maximum Gasteiger partial charge on any atom is 0.338 e. The predicted octanol–water partition coefficient (Wildman–Crippen LogP) is 4.42. The number of hydrogen-bond acceptors (Lipinski definition) is 2. The lowest BCUT2D eigenvalue weighted by Crippen LogP contribution is -2.04. The highest BCUT2D eigenvalue weighted by Crippen LogP contribution is 2.12. The molecule has 0 unspecified atom stereocenters. The first kappa shape index (κ1) is 17.6. The highest BCUT2D eigenvalue weighted by atomic mass is 79.9. The average Bonchev–Trinajstić information content (AvgIpc) is 2.42. The molecule has 0 aromatic heterocycles. The highest BCUT2D eigenvalue weighted by molar-refractivity contribution is 9.08. The van der Waals surface area contributed by atoms with Crippen LogP contribution in [0.5, 0.6) is 0 Å². The monoisotopic (exact) mass is 288 g/mol. The zero-order valence-electron chi connectivity index (χ0n) is 10.7. The minimum absolute atomic E-state index is 0.287. The smallest absolute Gasteiger partial charge is 0.338 e. The standard InChI is InChI=1S/C9H9BrO2.2C2H6/c1-12-9(11)8-5-3-2-4-7(8)6-10;2*1-2/h2-5H,6H2,1H3;2*1-2H3. The van der Waals surface area contributed by atoms with Gasteiger partial charge in [0.1, 0.15) is 0 Å². The summed E-state index contributed by atoms with van der Waals surface area (Å²) in [5.41, 5.74) is 1.57. The largest absolute Gasteiger partial charge is 0.465 e. The normalized spacial score (nSPS) is 7.88. The zero-order valence-corrected chi connectivity index (χ0v) is 12.3. The van der Waals surface area contributed by atoms with Crippen LogP contribution in [0.3, 0.4) is 0 Å². The van der Waals surface area contributed by atoms with Crippen LogP contribution in [-0.4, -0.2) is 13.1 Å². The molecule has 0 aliphatic heterocycles. The molecule has 0 saturated heterocycles. The third kappa shape index (κ3) is 5.91. The summed E-state index contributed by atoms with van der Waals surface area (Å²) < 4.78 is 4.62. The van der Waals surface area contributed by atoms with Crippen molar-refractivity contribution in [3.63, 3.8) is 0 Å². The van der Waals surface area contributed by atoms with E-state index in [0.29, 0.717) is 10.9 Å². The Balaban J connectivity index is 0. The second-order valence-electron chi connectivity index (χ2n) is 2.28. The van der Waals surface area contributed by atoms with Crippen molar-refractivity contribution >= 4 is 21.9 Å². The molecule has 0 aliphatic rings. The molecule has 0 aliphatic carbocycles. The van der Waals surface area contributed by atoms with E-state index in [1.165, 1.54) is 7.11 Å². The molecule has 0 bridgehead atoms. The van der Waals surface area contributed by atoms with Gasteiger partial charge in [-0.2, -0.15) is 0 Å². The Kier molecular flexibility index (Phi) is 13.4. The molecule has 0 amide bonds. The Bertz CT molecular complexity index is 285. The van der Waals surface area contributed by atoms with Crippen LogP contribution in [0.25, 0.3) is 0 Å². The number of methoxy groups -OCH3 is 1. The molecule has 0 N–H and O–H groups in total. The third-order valence-corrected chi connectivity index (χ3v) is 2.17. The molecule has 3 heteroatoms. The van der Waals surface area contributed by atoms with Crippen LogP contribution in [0.15, 0.2) is 24.3 Å². The van der Waals surface area contributed by atoms with Gasteiger partial charge >= 0.3 is 5.97 Å². The van der Waals surface area contributed by atoms with Crippen LogP contribution in [0, 0.1) is 0 Å². The van der Waals surface area contributed by atoms with Gasteiger partial charge in [0.15, 0.2) is 0 Å². The first-order chi connectivity index (χ1) is 7.79. The summed E-state index contributed by atoms with van der Waals surface area (Å²) in [6.45, 7) is 8.00. The van der Waals surface area contributed by atoms with Crippen LogP contribution in [0.1, 0.15) is 43.6 Å². The SMILES string of the molecule is CC.CC.COC(=O)c1ccccc1CBr. The molecule has 0 atom stereocenters. The number of halogens is 1. The van der Waals surface area contributed by atoms with Gasteiger partial charge in [0.05, 0.1) is 12.7 Å². The van der Waals surface area contributed by atoms with E-state index in [9.17, 15) is 4.79 Å². The summed E-state index contributed by atoms with van der Waals surface area (Å²) in [7, 11) is 1.38. The van der Waals surface area contributed by atoms with Gasteiger partial charge in [0, 0.05) is 5.33 Å². The van der Waals surface area contributed by atoms with Crippen molar-refractivity contribution in [2.75, 3.05) is 7.11 Å². The summed E-state index contributed by atoms with van der Waals surface area (Å²) in [5, 5.41) is 0.665. The van der Waals surface area contributed by atoms with Gasteiger partial charge in [-0.25, -0.2) is 4.79 Å². The van der Waals surface area contributed by atoms with E-state index in [-0.39, 0.29) is 5.97 Å². The fourth-order valence-corrected chi connectivity index (χ4v) is 1.43. The Morgan fingerprint density at radius 3 is 2.12 bits per heavy atom. The number of benzene rings is 1. The lowest BCUT2D eigenvalue weighted by atomic mass is 10.1. The fraction of sp³-hybridized carbons (Fsp3) is 0.462. The predicted molar refractivity (Wildman–Crippen MR) is 73.1 cm³/mol. The average molecular weight is 289 g/mol. The van der Waals surface area contributed by atoms with Crippen LogP contribution in [0.4, 0.5) is 0 Å². The molecule has 16 heavy (non-hydrogen) atoms. The third-order valence-electron chi connectivity index (χ3n) is 1.57. The van der Waals surface area contributed by atoms with E-state index in [1.807, 2.05) is 45.9 Å². The van der Waals surface area contributed by atoms with Gasteiger partial charge in [0.2, 0.25) is 0 Å². The van der Waals surface area contributed by atoms with Crippen molar-refractivity contribution < 1.29 is 9.53 Å². The van der Waals surface area contributed by atoms with Gasteiger partial charge in [-0.05, 0) is 11.6 Å². The van der Waals surface area contributed by atoms with E-state index in [2.05, 4.69) is 20.7 Å². The van der Waals surface area contributed by atoms with Crippen molar-refractivity contribution in [3.05, 3.63) is 35.4 Å². The summed E-state index contributed by atoms with van der Waals surface area (Å²) in [5.74, 6) is -0.287. The topological polar surface area (TPSA) is 26.3 Å². The van der Waals surface area contributed by atoms with Gasteiger partial charge < -0.3 is 4.74 Å². The fourth-order valence-electron chi connectivity index (χ4n) is 0.946. The Morgan fingerprint density at radius 1 is 1.19 bits per heavy atom. The van der Waals surface area contributed by atoms with E-state index >= 15 is 0 Å². The second-order valence-corrected chi connectivity index (χ2v) is 2.84. The van der Waals surface area contributed by atoms with E-state index < -0.39 is 0 Å². The molecule has 1 rings (SSSR count). The number of esters is 1. The van der Waals surface area contributed by atoms with Crippen molar-refractivity contribution in [1.29, 1.82) is 0 Å². The molecule has 2 nitrogen and oxygen atoms in total. The number of alkyl halides is 1. The van der Waals surface area contributed by atoms with Crippen molar-refractivity contribution in [2.24, 2.45) is 0 Å². The molecule has 1 aromatic rings. The number of carbonyl (C=O) groups is 1. The molecule has 0 saturated carbocycles. The van der Waals surface area contributed by atoms with Crippen molar-refractivity contribution in [2.45, 2.75) is 33.0 Å². The second kappa shape index (κ2) is 12.2. The number of ether oxygens (including phenoxy) is 1. The first-order valence-corrected chi connectivity index (χ1v) is 6.64. The van der Waals surface area contributed by atoms with E-state index in [1.54, 1.807) is 6.07 Å².